The van der Waals surface area contributed by atoms with Gasteiger partial charge in [-0.05, 0) is 74.0 Å². The Morgan fingerprint density at radius 1 is 1.00 bits per heavy atom. The van der Waals surface area contributed by atoms with E-state index in [-0.39, 0.29) is 0 Å². The number of benzene rings is 2. The molecule has 3 N–H and O–H groups in total. The summed E-state index contributed by atoms with van der Waals surface area (Å²) in [5.74, 6) is 1.43. The van der Waals surface area contributed by atoms with Crippen molar-refractivity contribution in [1.82, 2.24) is 25.1 Å². The Bertz CT molecular complexity index is 1330. The Balaban J connectivity index is 1.37. The molecule has 0 bridgehead atoms. The number of hydrogen-bond acceptors (Lipinski definition) is 6. The van der Waals surface area contributed by atoms with Gasteiger partial charge in [-0.25, -0.2) is 9.67 Å². The largest absolute Gasteiger partial charge is 0.338 e. The van der Waals surface area contributed by atoms with Crippen LogP contribution in [0.1, 0.15) is 54.0 Å². The van der Waals surface area contributed by atoms with E-state index in [4.69, 9.17) is 10.1 Å². The van der Waals surface area contributed by atoms with E-state index in [1.807, 2.05) is 6.20 Å². The van der Waals surface area contributed by atoms with Crippen molar-refractivity contribution < 1.29 is 0 Å². The maximum atomic E-state index is 5.02. The van der Waals surface area contributed by atoms with E-state index >= 15 is 0 Å². The predicted octanol–water partition coefficient (Wildman–Crippen LogP) is 5.69. The highest BCUT2D eigenvalue weighted by Crippen LogP contribution is 2.35. The van der Waals surface area contributed by atoms with E-state index in [1.54, 1.807) is 0 Å². The zero-order chi connectivity index (χ0) is 23.1. The van der Waals surface area contributed by atoms with Crippen LogP contribution < -0.4 is 16.0 Å². The van der Waals surface area contributed by atoms with Gasteiger partial charge in [0.2, 0.25) is 5.95 Å². The van der Waals surface area contributed by atoms with Gasteiger partial charge in [0.1, 0.15) is 0 Å². The summed E-state index contributed by atoms with van der Waals surface area (Å²) in [5, 5.41) is 16.4. The summed E-state index contributed by atoms with van der Waals surface area (Å²) in [5.41, 5.74) is 8.16. The van der Waals surface area contributed by atoms with E-state index in [0.29, 0.717) is 12.0 Å². The van der Waals surface area contributed by atoms with Crippen LogP contribution in [0, 0.1) is 13.8 Å². The minimum absolute atomic E-state index is 0.383. The topological polar surface area (TPSA) is 79.7 Å². The summed E-state index contributed by atoms with van der Waals surface area (Å²) in [6, 6.07) is 13.3. The molecule has 7 heteroatoms. The highest BCUT2D eigenvalue weighted by Gasteiger charge is 2.24. The molecule has 1 fully saturated rings. The molecule has 0 amide bonds. The highest BCUT2D eigenvalue weighted by molar-refractivity contribution is 5.90. The second-order valence-electron chi connectivity index (χ2n) is 9.59. The van der Waals surface area contributed by atoms with Gasteiger partial charge in [-0.3, -0.25) is 0 Å². The molecule has 174 valence electrons. The van der Waals surface area contributed by atoms with E-state index in [9.17, 15) is 0 Å². The molecule has 3 heterocycles. The molecule has 2 aliphatic rings. The number of fused-ring (bicyclic) bond motifs is 2. The number of rotatable bonds is 5. The first-order chi connectivity index (χ1) is 16.7. The smallest absolute Gasteiger partial charge is 0.229 e. The van der Waals surface area contributed by atoms with Crippen LogP contribution in [-0.4, -0.2) is 26.3 Å². The monoisotopic (exact) mass is 453 g/mol. The van der Waals surface area contributed by atoms with Crippen LogP contribution in [-0.2, 0) is 13.0 Å². The van der Waals surface area contributed by atoms with Gasteiger partial charge >= 0.3 is 0 Å². The molecule has 6 rings (SSSR count). The van der Waals surface area contributed by atoms with Crippen LogP contribution in [0.15, 0.2) is 42.6 Å². The van der Waals surface area contributed by atoms with Gasteiger partial charge in [0.15, 0.2) is 11.5 Å². The van der Waals surface area contributed by atoms with Gasteiger partial charge in [-0.1, -0.05) is 37.1 Å². The van der Waals surface area contributed by atoms with Gasteiger partial charge in [-0.2, -0.15) is 10.1 Å². The minimum atomic E-state index is 0.383. The predicted molar refractivity (Wildman–Crippen MR) is 137 cm³/mol. The SMILES string of the molecule is Cc1cccc(C)c1Nc1nn(C2CCCC2)c2nc(Nc3ccc4c(c3)CNCC4)ncc12. The van der Waals surface area contributed by atoms with E-state index in [0.717, 1.165) is 60.6 Å². The molecule has 2 aromatic carbocycles. The van der Waals surface area contributed by atoms with E-state index in [2.05, 4.69) is 75.9 Å². The second kappa shape index (κ2) is 8.72. The number of aryl methyl sites for hydroxylation is 2. The van der Waals surface area contributed by atoms with Gasteiger partial charge < -0.3 is 16.0 Å². The third-order valence-electron chi connectivity index (χ3n) is 7.19. The lowest BCUT2D eigenvalue weighted by molar-refractivity contribution is 0.480. The molecule has 1 saturated carbocycles. The lowest BCUT2D eigenvalue weighted by atomic mass is 10.0. The summed E-state index contributed by atoms with van der Waals surface area (Å²) in [6.45, 7) is 6.20. The summed E-state index contributed by atoms with van der Waals surface area (Å²) in [4.78, 5) is 9.63. The molecule has 0 atom stereocenters. The molecule has 2 aromatic heterocycles. The minimum Gasteiger partial charge on any atom is -0.338 e. The molecular weight excluding hydrogens is 422 g/mol. The van der Waals surface area contributed by atoms with E-state index in [1.165, 1.54) is 35.1 Å². The Hall–Kier alpha value is -3.45. The fraction of sp³-hybridized carbons (Fsp3) is 0.370. The first-order valence-corrected chi connectivity index (χ1v) is 12.3. The first-order valence-electron chi connectivity index (χ1n) is 12.3. The number of hydrogen-bond donors (Lipinski definition) is 3. The maximum Gasteiger partial charge on any atom is 0.229 e. The van der Waals surface area contributed by atoms with Crippen molar-refractivity contribution in [3.63, 3.8) is 0 Å². The van der Waals surface area contributed by atoms with Crippen LogP contribution >= 0.6 is 0 Å². The molecule has 34 heavy (non-hydrogen) atoms. The Labute approximate surface area is 200 Å². The van der Waals surface area contributed by atoms with Crippen LogP contribution in [0.4, 0.5) is 23.1 Å². The van der Waals surface area contributed by atoms with Crippen molar-refractivity contribution in [3.8, 4) is 0 Å². The highest BCUT2D eigenvalue weighted by atomic mass is 15.4. The molecule has 1 aliphatic heterocycles. The number of para-hydroxylation sites is 1. The van der Waals surface area contributed by atoms with Gasteiger partial charge in [0.25, 0.3) is 0 Å². The molecular formula is C27H31N7. The van der Waals surface area contributed by atoms with Crippen molar-refractivity contribution in [2.45, 2.75) is 58.5 Å². The lowest BCUT2D eigenvalue weighted by Crippen LogP contribution is -2.23. The van der Waals surface area contributed by atoms with Crippen molar-refractivity contribution in [1.29, 1.82) is 0 Å². The van der Waals surface area contributed by atoms with Gasteiger partial charge in [0.05, 0.1) is 11.4 Å². The molecule has 7 nitrogen and oxygen atoms in total. The maximum absolute atomic E-state index is 5.02. The molecule has 0 radical (unpaired) electrons. The van der Waals surface area contributed by atoms with Gasteiger partial charge in [0, 0.05) is 24.1 Å². The Morgan fingerprint density at radius 2 is 1.82 bits per heavy atom. The number of anilines is 4. The standard InChI is InChI=1S/C27H31N7/c1-17-6-5-7-18(2)24(17)31-25-23-16-29-27(32-26(23)34(33-25)22-8-3-4-9-22)30-21-11-10-19-12-13-28-15-20(19)14-21/h5-7,10-11,14,16,22,28H,3-4,8-9,12-13,15H2,1-2H3,(H,31,33)(H,29,30,32). The van der Waals surface area contributed by atoms with Gasteiger partial charge in [-0.15, -0.1) is 0 Å². The zero-order valence-corrected chi connectivity index (χ0v) is 19.9. The van der Waals surface area contributed by atoms with E-state index < -0.39 is 0 Å². The fourth-order valence-corrected chi connectivity index (χ4v) is 5.30. The fourth-order valence-electron chi connectivity index (χ4n) is 5.30. The number of aromatic nitrogens is 4. The molecule has 4 aromatic rings. The first kappa shape index (κ1) is 21.1. The Kier molecular flexibility index (Phi) is 5.41. The summed E-state index contributed by atoms with van der Waals surface area (Å²) < 4.78 is 2.13. The third-order valence-corrected chi connectivity index (χ3v) is 7.19. The quantitative estimate of drug-likeness (QED) is 0.360. The third kappa shape index (κ3) is 3.90. The molecule has 0 spiro atoms. The average molecular weight is 454 g/mol. The van der Waals surface area contributed by atoms with Crippen LogP contribution in [0.2, 0.25) is 0 Å². The Morgan fingerprint density at radius 3 is 2.65 bits per heavy atom. The number of nitrogens with one attached hydrogen (secondary N) is 3. The normalized spacial score (nSPS) is 16.1. The second-order valence-corrected chi connectivity index (χ2v) is 9.59. The summed E-state index contributed by atoms with van der Waals surface area (Å²) in [7, 11) is 0. The van der Waals surface area contributed by atoms with Crippen molar-refractivity contribution in [2.24, 2.45) is 0 Å². The molecule has 1 aliphatic carbocycles. The zero-order valence-electron chi connectivity index (χ0n) is 19.9. The van der Waals surface area contributed by atoms with Crippen LogP contribution in [0.5, 0.6) is 0 Å². The lowest BCUT2D eigenvalue weighted by Gasteiger charge is -2.18. The van der Waals surface area contributed by atoms with Crippen molar-refractivity contribution >= 4 is 34.2 Å². The summed E-state index contributed by atoms with van der Waals surface area (Å²) >= 11 is 0. The average Bonchev–Trinajstić information content (AvgIpc) is 3.50. The van der Waals surface area contributed by atoms with Crippen molar-refractivity contribution in [2.75, 3.05) is 17.2 Å². The van der Waals surface area contributed by atoms with Crippen molar-refractivity contribution in [3.05, 3.63) is 64.8 Å². The van der Waals surface area contributed by atoms with Crippen LogP contribution in [0.3, 0.4) is 0 Å². The summed E-state index contributed by atoms with van der Waals surface area (Å²) in [6.07, 6.45) is 7.75. The molecule has 0 unspecified atom stereocenters. The number of nitrogens with zero attached hydrogens (tertiary/aromatic N) is 4. The van der Waals surface area contributed by atoms with Crippen LogP contribution in [0.25, 0.3) is 11.0 Å². The molecule has 0 saturated heterocycles.